The van der Waals surface area contributed by atoms with Crippen LogP contribution in [0.5, 0.6) is 5.75 Å². The van der Waals surface area contributed by atoms with Crippen molar-refractivity contribution < 1.29 is 9.13 Å². The molecule has 3 nitrogen and oxygen atoms in total. The van der Waals surface area contributed by atoms with E-state index in [0.29, 0.717) is 0 Å². The van der Waals surface area contributed by atoms with Crippen molar-refractivity contribution in [2.45, 2.75) is 0 Å². The molecule has 0 radical (unpaired) electrons. The van der Waals surface area contributed by atoms with Crippen molar-refractivity contribution in [3.05, 3.63) is 83.0 Å². The number of hydrogen-bond donors (Lipinski definition) is 0. The number of ether oxygens (including phenoxy) is 1. The molecule has 0 atom stereocenters. The first-order chi connectivity index (χ1) is 10.7. The Kier molecular flexibility index (Phi) is 3.74. The zero-order valence-corrected chi connectivity index (χ0v) is 12.0. The Morgan fingerprint density at radius 3 is 2.27 bits per heavy atom. The fourth-order valence-corrected chi connectivity index (χ4v) is 2.28. The molecule has 0 fully saturated rings. The quantitative estimate of drug-likeness (QED) is 0.738. The second-order valence-electron chi connectivity index (χ2n) is 4.81. The smallest absolute Gasteiger partial charge is 0.255 e. The number of rotatable bonds is 3. The Labute approximate surface area is 127 Å². The van der Waals surface area contributed by atoms with Gasteiger partial charge in [-0.1, -0.05) is 24.3 Å². The van der Waals surface area contributed by atoms with Crippen LogP contribution in [-0.4, -0.2) is 11.7 Å². The molecule has 0 bridgehead atoms. The average molecular weight is 295 g/mol. The van der Waals surface area contributed by atoms with Crippen LogP contribution in [0.15, 0.2) is 71.7 Å². The first kappa shape index (κ1) is 14.1. The van der Waals surface area contributed by atoms with E-state index < -0.39 is 5.82 Å². The van der Waals surface area contributed by atoms with Crippen molar-refractivity contribution in [2.75, 3.05) is 7.11 Å². The Morgan fingerprint density at radius 2 is 1.59 bits per heavy atom. The SMILES string of the molecule is COc1ccc(-c2ccc(=O)n(-c3ccccc3F)c2)cc1. The molecule has 22 heavy (non-hydrogen) atoms. The van der Waals surface area contributed by atoms with Crippen LogP contribution in [-0.2, 0) is 0 Å². The number of benzene rings is 2. The molecule has 0 unspecified atom stereocenters. The highest BCUT2D eigenvalue weighted by Gasteiger charge is 2.07. The summed E-state index contributed by atoms with van der Waals surface area (Å²) in [7, 11) is 1.60. The largest absolute Gasteiger partial charge is 0.497 e. The molecular weight excluding hydrogens is 281 g/mol. The maximum absolute atomic E-state index is 13.9. The van der Waals surface area contributed by atoms with Crippen molar-refractivity contribution in [3.63, 3.8) is 0 Å². The minimum absolute atomic E-state index is 0.239. The highest BCUT2D eigenvalue weighted by Crippen LogP contribution is 2.22. The van der Waals surface area contributed by atoms with Gasteiger partial charge in [-0.3, -0.25) is 9.36 Å². The highest BCUT2D eigenvalue weighted by molar-refractivity contribution is 5.63. The van der Waals surface area contributed by atoms with Gasteiger partial charge in [0.2, 0.25) is 0 Å². The molecule has 0 aliphatic heterocycles. The van der Waals surface area contributed by atoms with Gasteiger partial charge in [-0.05, 0) is 41.5 Å². The number of hydrogen-bond acceptors (Lipinski definition) is 2. The predicted molar refractivity (Wildman–Crippen MR) is 84.0 cm³/mol. The lowest BCUT2D eigenvalue weighted by Gasteiger charge is -2.10. The number of aromatic nitrogens is 1. The Balaban J connectivity index is 2.10. The Hall–Kier alpha value is -2.88. The second-order valence-corrected chi connectivity index (χ2v) is 4.81. The van der Waals surface area contributed by atoms with Crippen LogP contribution in [0.3, 0.4) is 0 Å². The average Bonchev–Trinajstić information content (AvgIpc) is 2.56. The summed E-state index contributed by atoms with van der Waals surface area (Å²) in [5.74, 6) is 0.322. The maximum Gasteiger partial charge on any atom is 0.255 e. The van der Waals surface area contributed by atoms with E-state index in [0.717, 1.165) is 16.9 Å². The van der Waals surface area contributed by atoms with Crippen LogP contribution >= 0.6 is 0 Å². The van der Waals surface area contributed by atoms with Gasteiger partial charge in [0.05, 0.1) is 12.8 Å². The Bertz CT molecular complexity index is 853. The lowest BCUT2D eigenvalue weighted by atomic mass is 10.1. The summed E-state index contributed by atoms with van der Waals surface area (Å²) < 4.78 is 20.4. The number of nitrogens with zero attached hydrogens (tertiary/aromatic N) is 1. The lowest BCUT2D eigenvalue weighted by molar-refractivity contribution is 0.415. The topological polar surface area (TPSA) is 31.2 Å². The van der Waals surface area contributed by atoms with Crippen LogP contribution in [0.4, 0.5) is 4.39 Å². The van der Waals surface area contributed by atoms with Crippen molar-refractivity contribution in [2.24, 2.45) is 0 Å². The molecule has 3 rings (SSSR count). The van der Waals surface area contributed by atoms with Crippen LogP contribution < -0.4 is 10.3 Å². The molecule has 0 aliphatic carbocycles. The van der Waals surface area contributed by atoms with Crippen LogP contribution in [0.1, 0.15) is 0 Å². The monoisotopic (exact) mass is 295 g/mol. The van der Waals surface area contributed by atoms with Crippen molar-refractivity contribution in [3.8, 4) is 22.6 Å². The fraction of sp³-hybridized carbons (Fsp3) is 0.0556. The lowest BCUT2D eigenvalue weighted by Crippen LogP contribution is -2.17. The van der Waals surface area contributed by atoms with Crippen molar-refractivity contribution in [1.82, 2.24) is 4.57 Å². The molecule has 3 aromatic rings. The van der Waals surface area contributed by atoms with E-state index in [1.165, 1.54) is 16.7 Å². The minimum atomic E-state index is -0.434. The van der Waals surface area contributed by atoms with E-state index in [1.807, 2.05) is 24.3 Å². The van der Waals surface area contributed by atoms with Gasteiger partial charge in [0, 0.05) is 12.3 Å². The molecule has 0 saturated heterocycles. The summed E-state index contributed by atoms with van der Waals surface area (Å²) in [5.41, 5.74) is 1.71. The van der Waals surface area contributed by atoms with Gasteiger partial charge < -0.3 is 4.74 Å². The van der Waals surface area contributed by atoms with E-state index in [1.54, 1.807) is 37.6 Å². The minimum Gasteiger partial charge on any atom is -0.497 e. The molecule has 1 heterocycles. The second kappa shape index (κ2) is 5.85. The molecule has 110 valence electrons. The molecular formula is C18H14FNO2. The van der Waals surface area contributed by atoms with E-state index >= 15 is 0 Å². The third-order valence-electron chi connectivity index (χ3n) is 3.45. The molecule has 0 amide bonds. The standard InChI is InChI=1S/C18H14FNO2/c1-22-15-9-6-13(7-10-15)14-8-11-18(21)20(12-14)17-5-3-2-4-16(17)19/h2-12H,1H3. The predicted octanol–water partition coefficient (Wildman–Crippen LogP) is 3.65. The van der Waals surface area contributed by atoms with Crippen LogP contribution in [0.2, 0.25) is 0 Å². The van der Waals surface area contributed by atoms with Gasteiger partial charge in [-0.2, -0.15) is 0 Å². The van der Waals surface area contributed by atoms with Gasteiger partial charge in [0.1, 0.15) is 11.6 Å². The molecule has 4 heteroatoms. The van der Waals surface area contributed by atoms with E-state index in [9.17, 15) is 9.18 Å². The normalized spacial score (nSPS) is 10.5. The van der Waals surface area contributed by atoms with Gasteiger partial charge in [0.25, 0.3) is 5.56 Å². The van der Waals surface area contributed by atoms with E-state index in [2.05, 4.69) is 0 Å². The summed E-state index contributed by atoms with van der Waals surface area (Å²) in [4.78, 5) is 12.0. The number of halogens is 1. The van der Waals surface area contributed by atoms with Gasteiger partial charge in [-0.25, -0.2) is 4.39 Å². The third-order valence-corrected chi connectivity index (χ3v) is 3.45. The number of methoxy groups -OCH3 is 1. The van der Waals surface area contributed by atoms with E-state index in [-0.39, 0.29) is 11.2 Å². The summed E-state index contributed by atoms with van der Waals surface area (Å²) in [6, 6.07) is 16.8. The number of pyridine rings is 1. The van der Waals surface area contributed by atoms with Crippen LogP contribution in [0, 0.1) is 5.82 Å². The third kappa shape index (κ3) is 2.63. The van der Waals surface area contributed by atoms with Crippen molar-refractivity contribution in [1.29, 1.82) is 0 Å². The molecule has 0 saturated carbocycles. The van der Waals surface area contributed by atoms with Gasteiger partial charge >= 0.3 is 0 Å². The zero-order chi connectivity index (χ0) is 15.5. The first-order valence-electron chi connectivity index (χ1n) is 6.81. The van der Waals surface area contributed by atoms with Gasteiger partial charge in [-0.15, -0.1) is 0 Å². The van der Waals surface area contributed by atoms with Gasteiger partial charge in [0.15, 0.2) is 0 Å². The molecule has 0 N–H and O–H groups in total. The fourth-order valence-electron chi connectivity index (χ4n) is 2.28. The zero-order valence-electron chi connectivity index (χ0n) is 12.0. The maximum atomic E-state index is 13.9. The molecule has 0 spiro atoms. The molecule has 1 aromatic heterocycles. The highest BCUT2D eigenvalue weighted by atomic mass is 19.1. The summed E-state index contributed by atoms with van der Waals surface area (Å²) in [5, 5.41) is 0. The number of para-hydroxylation sites is 1. The first-order valence-corrected chi connectivity index (χ1v) is 6.81. The summed E-state index contributed by atoms with van der Waals surface area (Å²) >= 11 is 0. The van der Waals surface area contributed by atoms with E-state index in [4.69, 9.17) is 4.74 Å². The summed E-state index contributed by atoms with van der Waals surface area (Å²) in [6.45, 7) is 0. The van der Waals surface area contributed by atoms with Crippen LogP contribution in [0.25, 0.3) is 16.8 Å². The summed E-state index contributed by atoms with van der Waals surface area (Å²) in [6.07, 6.45) is 1.64. The molecule has 2 aromatic carbocycles. The van der Waals surface area contributed by atoms with Crippen molar-refractivity contribution >= 4 is 0 Å². The Morgan fingerprint density at radius 1 is 0.909 bits per heavy atom. The molecule has 0 aliphatic rings.